The van der Waals surface area contributed by atoms with Gasteiger partial charge in [0.1, 0.15) is 0 Å². The summed E-state index contributed by atoms with van der Waals surface area (Å²) < 4.78 is 0. The van der Waals surface area contributed by atoms with Gasteiger partial charge in [-0.2, -0.15) is 5.26 Å². The Balaban J connectivity index is 2.07. The molecule has 2 aromatic rings. The van der Waals surface area contributed by atoms with Crippen molar-refractivity contribution >= 4 is 11.6 Å². The summed E-state index contributed by atoms with van der Waals surface area (Å²) in [6, 6.07) is 16.8. The van der Waals surface area contributed by atoms with Crippen molar-refractivity contribution in [1.82, 2.24) is 5.32 Å². The van der Waals surface area contributed by atoms with Crippen LogP contribution in [0, 0.1) is 11.3 Å². The highest BCUT2D eigenvalue weighted by atomic mass is 16.1. The molecule has 4 nitrogen and oxygen atoms in total. The Bertz CT molecular complexity index is 659. The molecule has 0 saturated carbocycles. The highest BCUT2D eigenvalue weighted by Crippen LogP contribution is 2.13. The molecule has 0 aliphatic heterocycles. The van der Waals surface area contributed by atoms with E-state index in [1.54, 1.807) is 25.2 Å². The molecule has 0 saturated heterocycles. The first-order chi connectivity index (χ1) is 9.72. The van der Waals surface area contributed by atoms with Gasteiger partial charge in [0.25, 0.3) is 5.91 Å². The normalized spacial score (nSPS) is 9.60. The van der Waals surface area contributed by atoms with Crippen LogP contribution in [-0.4, -0.2) is 13.0 Å². The maximum atomic E-state index is 11.5. The van der Waals surface area contributed by atoms with E-state index in [0.717, 1.165) is 11.3 Å². The summed E-state index contributed by atoms with van der Waals surface area (Å²) in [4.78, 5) is 11.5. The third kappa shape index (κ3) is 3.36. The van der Waals surface area contributed by atoms with Gasteiger partial charge in [-0.25, -0.2) is 0 Å². The van der Waals surface area contributed by atoms with Crippen molar-refractivity contribution in [3.05, 3.63) is 65.2 Å². The summed E-state index contributed by atoms with van der Waals surface area (Å²) in [6.07, 6.45) is 0. The van der Waals surface area contributed by atoms with Crippen molar-refractivity contribution in [2.24, 2.45) is 0 Å². The van der Waals surface area contributed by atoms with Crippen LogP contribution in [0.2, 0.25) is 0 Å². The van der Waals surface area contributed by atoms with E-state index in [-0.39, 0.29) is 5.91 Å². The quantitative estimate of drug-likeness (QED) is 0.892. The van der Waals surface area contributed by atoms with Gasteiger partial charge in [-0.15, -0.1) is 0 Å². The van der Waals surface area contributed by atoms with E-state index in [2.05, 4.69) is 16.7 Å². The Morgan fingerprint density at radius 1 is 1.20 bits per heavy atom. The van der Waals surface area contributed by atoms with Crippen molar-refractivity contribution in [2.75, 3.05) is 12.4 Å². The minimum atomic E-state index is -0.111. The number of carbonyl (C=O) groups excluding carboxylic acids is 1. The zero-order chi connectivity index (χ0) is 14.4. The summed E-state index contributed by atoms with van der Waals surface area (Å²) in [5, 5.41) is 14.7. The van der Waals surface area contributed by atoms with E-state index in [4.69, 9.17) is 5.26 Å². The number of benzene rings is 2. The predicted molar refractivity (Wildman–Crippen MR) is 78.3 cm³/mol. The summed E-state index contributed by atoms with van der Waals surface area (Å²) in [5.74, 6) is -0.111. The molecule has 0 radical (unpaired) electrons. The number of rotatable bonds is 4. The average Bonchev–Trinajstić information content (AvgIpc) is 2.52. The van der Waals surface area contributed by atoms with Gasteiger partial charge in [-0.3, -0.25) is 4.79 Å². The van der Waals surface area contributed by atoms with E-state index < -0.39 is 0 Å². The van der Waals surface area contributed by atoms with Crippen molar-refractivity contribution in [3.8, 4) is 6.07 Å². The van der Waals surface area contributed by atoms with Crippen LogP contribution in [0.1, 0.15) is 21.5 Å². The molecule has 2 N–H and O–H groups in total. The van der Waals surface area contributed by atoms with Gasteiger partial charge in [-0.1, -0.05) is 18.2 Å². The highest BCUT2D eigenvalue weighted by Gasteiger charge is 2.03. The lowest BCUT2D eigenvalue weighted by atomic mass is 10.1. The van der Waals surface area contributed by atoms with Gasteiger partial charge < -0.3 is 10.6 Å². The molecule has 2 aromatic carbocycles. The largest absolute Gasteiger partial charge is 0.381 e. The monoisotopic (exact) mass is 265 g/mol. The average molecular weight is 265 g/mol. The Morgan fingerprint density at radius 3 is 2.75 bits per heavy atom. The van der Waals surface area contributed by atoms with Crippen molar-refractivity contribution < 1.29 is 4.79 Å². The van der Waals surface area contributed by atoms with Gasteiger partial charge in [0, 0.05) is 24.8 Å². The van der Waals surface area contributed by atoms with Crippen molar-refractivity contribution in [2.45, 2.75) is 6.54 Å². The lowest BCUT2D eigenvalue weighted by Crippen LogP contribution is -2.17. The van der Waals surface area contributed by atoms with Gasteiger partial charge >= 0.3 is 0 Å². The number of hydrogen-bond acceptors (Lipinski definition) is 3. The number of anilines is 1. The molecule has 0 atom stereocenters. The molecule has 0 fully saturated rings. The first-order valence-electron chi connectivity index (χ1n) is 6.28. The van der Waals surface area contributed by atoms with E-state index in [9.17, 15) is 4.79 Å². The first kappa shape index (κ1) is 13.6. The summed E-state index contributed by atoms with van der Waals surface area (Å²) in [7, 11) is 1.61. The van der Waals surface area contributed by atoms with Crippen LogP contribution in [0.4, 0.5) is 5.69 Å². The molecule has 2 rings (SSSR count). The first-order valence-corrected chi connectivity index (χ1v) is 6.28. The number of nitrogens with zero attached hydrogens (tertiary/aromatic N) is 1. The zero-order valence-electron chi connectivity index (χ0n) is 11.2. The standard InChI is InChI=1S/C16H15N3O/c1-18-16(20)14-6-3-7-15(9-14)19-11-13-5-2-4-12(8-13)10-17/h2-9,19H,11H2,1H3,(H,18,20). The molecular weight excluding hydrogens is 250 g/mol. The molecule has 0 spiro atoms. The molecule has 0 aromatic heterocycles. The summed E-state index contributed by atoms with van der Waals surface area (Å²) in [5.41, 5.74) is 3.15. The lowest BCUT2D eigenvalue weighted by Gasteiger charge is -2.08. The molecule has 4 heteroatoms. The highest BCUT2D eigenvalue weighted by molar-refractivity contribution is 5.94. The number of nitrogens with one attached hydrogen (secondary N) is 2. The van der Waals surface area contributed by atoms with Crippen LogP contribution in [0.3, 0.4) is 0 Å². The van der Waals surface area contributed by atoms with E-state index in [1.807, 2.05) is 30.3 Å². The summed E-state index contributed by atoms with van der Waals surface area (Å²) in [6.45, 7) is 0.604. The minimum absolute atomic E-state index is 0.111. The van der Waals surface area contributed by atoms with Crippen molar-refractivity contribution in [3.63, 3.8) is 0 Å². The Labute approximate surface area is 118 Å². The maximum Gasteiger partial charge on any atom is 0.251 e. The molecule has 0 bridgehead atoms. The van der Waals surface area contributed by atoms with E-state index in [1.165, 1.54) is 0 Å². The fourth-order valence-corrected chi connectivity index (χ4v) is 1.87. The number of nitriles is 1. The second-order valence-corrected chi connectivity index (χ2v) is 4.33. The molecule has 0 heterocycles. The van der Waals surface area contributed by atoms with Crippen LogP contribution in [0.5, 0.6) is 0 Å². The lowest BCUT2D eigenvalue weighted by molar-refractivity contribution is 0.0963. The van der Waals surface area contributed by atoms with Gasteiger partial charge in [0.2, 0.25) is 0 Å². The molecule has 20 heavy (non-hydrogen) atoms. The molecule has 0 unspecified atom stereocenters. The van der Waals surface area contributed by atoms with Crippen LogP contribution >= 0.6 is 0 Å². The third-order valence-electron chi connectivity index (χ3n) is 2.90. The second kappa shape index (κ2) is 6.39. The van der Waals surface area contributed by atoms with Gasteiger partial charge in [0.05, 0.1) is 11.6 Å². The zero-order valence-corrected chi connectivity index (χ0v) is 11.2. The van der Waals surface area contributed by atoms with Crippen LogP contribution in [-0.2, 0) is 6.54 Å². The molecule has 1 amide bonds. The van der Waals surface area contributed by atoms with E-state index >= 15 is 0 Å². The maximum absolute atomic E-state index is 11.5. The topological polar surface area (TPSA) is 64.9 Å². The van der Waals surface area contributed by atoms with Crippen LogP contribution in [0.15, 0.2) is 48.5 Å². The number of carbonyl (C=O) groups is 1. The second-order valence-electron chi connectivity index (χ2n) is 4.33. The van der Waals surface area contributed by atoms with Crippen LogP contribution < -0.4 is 10.6 Å². The molecule has 100 valence electrons. The number of amides is 1. The van der Waals surface area contributed by atoms with Gasteiger partial charge in [0.15, 0.2) is 0 Å². The Kier molecular flexibility index (Phi) is 4.35. The summed E-state index contributed by atoms with van der Waals surface area (Å²) >= 11 is 0. The fraction of sp³-hybridized carbons (Fsp3) is 0.125. The minimum Gasteiger partial charge on any atom is -0.381 e. The smallest absolute Gasteiger partial charge is 0.251 e. The third-order valence-corrected chi connectivity index (χ3v) is 2.90. The molecular formula is C16H15N3O. The predicted octanol–water partition coefficient (Wildman–Crippen LogP) is 2.53. The fourth-order valence-electron chi connectivity index (χ4n) is 1.87. The molecule has 0 aliphatic rings. The number of hydrogen-bond donors (Lipinski definition) is 2. The van der Waals surface area contributed by atoms with E-state index in [0.29, 0.717) is 17.7 Å². The van der Waals surface area contributed by atoms with Crippen LogP contribution in [0.25, 0.3) is 0 Å². The SMILES string of the molecule is CNC(=O)c1cccc(NCc2cccc(C#N)c2)c1. The Hall–Kier alpha value is -2.80. The Morgan fingerprint density at radius 2 is 2.00 bits per heavy atom. The van der Waals surface area contributed by atoms with Gasteiger partial charge in [-0.05, 0) is 35.9 Å². The van der Waals surface area contributed by atoms with Crippen molar-refractivity contribution in [1.29, 1.82) is 5.26 Å². The molecule has 0 aliphatic carbocycles.